The van der Waals surface area contributed by atoms with Crippen molar-refractivity contribution in [3.8, 4) is 0 Å². The largest absolute Gasteiger partial charge is 0.399 e. The van der Waals surface area contributed by atoms with Crippen LogP contribution in [-0.4, -0.2) is 93.5 Å². The molecule has 2 aromatic carbocycles. The molecule has 11 nitrogen and oxygen atoms in total. The zero-order chi connectivity index (χ0) is 32.7. The molecule has 16 heteroatoms. The van der Waals surface area contributed by atoms with Crippen molar-refractivity contribution in [1.82, 2.24) is 20.1 Å². The van der Waals surface area contributed by atoms with Gasteiger partial charge in [-0.15, -0.1) is 0 Å². The summed E-state index contributed by atoms with van der Waals surface area (Å²) in [4.78, 5) is 66.2. The molecule has 4 N–H and O–H groups in total. The molecule has 0 radical (unpaired) electrons. The van der Waals surface area contributed by atoms with E-state index in [1.807, 2.05) is 0 Å². The number of carbonyl (C=O) groups excluding carboxylic acids is 3. The predicted octanol–water partition coefficient (Wildman–Crippen LogP) is 3.49. The number of hydrogen-bond acceptors (Lipinski definition) is 5. The third-order valence-corrected chi connectivity index (χ3v) is 9.30. The Balaban J connectivity index is 1.41. The number of para-hydroxylation sites is 1. The number of likely N-dealkylation sites (N-methyl/N-ethyl adjacent to an activating group) is 1. The van der Waals surface area contributed by atoms with E-state index in [-0.39, 0.29) is 35.6 Å². The van der Waals surface area contributed by atoms with Crippen molar-refractivity contribution in [2.75, 3.05) is 31.6 Å². The SMILES string of the molecule is CN(C(=O)[C@@H]1CC[C@@H]2CCN(CC(F)F)C[C@H](NC(=O)c3cc4cc(C(F)(F)P(=O)(O)O)ccc4[nH]3)C(=O)N21)c1ccccc1. The average molecular weight is 654 g/mol. The summed E-state index contributed by atoms with van der Waals surface area (Å²) >= 11 is 0. The van der Waals surface area contributed by atoms with Crippen molar-refractivity contribution in [3.63, 3.8) is 0 Å². The van der Waals surface area contributed by atoms with Crippen LogP contribution >= 0.6 is 7.60 Å². The first-order chi connectivity index (χ1) is 21.2. The topological polar surface area (TPSA) is 146 Å². The Labute approximate surface area is 255 Å². The van der Waals surface area contributed by atoms with E-state index in [0.717, 1.165) is 18.2 Å². The van der Waals surface area contributed by atoms with Crippen LogP contribution in [0.25, 0.3) is 10.9 Å². The number of anilines is 1. The quantitative estimate of drug-likeness (QED) is 0.215. The molecule has 1 aromatic heterocycles. The first-order valence-electron chi connectivity index (χ1n) is 14.2. The number of H-pyrrole nitrogens is 1. The van der Waals surface area contributed by atoms with Gasteiger partial charge in [0.15, 0.2) is 0 Å². The average Bonchev–Trinajstić information content (AvgIpc) is 3.61. The van der Waals surface area contributed by atoms with Crippen molar-refractivity contribution >= 4 is 41.9 Å². The molecular formula is C29H32F4N5O6P. The standard InChI is InChI=1S/C29H32F4N5O6P/c1-36(19-5-3-2-4-6-19)28(41)24-10-8-20-11-12-37(16-25(30)31)15-23(27(40)38(20)24)35-26(39)22-14-17-13-18(7-9-21(17)34-22)29(32,33)45(42,43)44/h2-7,9,13-14,20,23-25,34H,8,10-12,15-16H2,1H3,(H,35,39)(H2,42,43,44)/t20-,23+,24+/m1/s1. The molecule has 3 atom stereocenters. The van der Waals surface area contributed by atoms with E-state index in [1.165, 1.54) is 20.8 Å². The van der Waals surface area contributed by atoms with Crippen LogP contribution in [0.2, 0.25) is 0 Å². The number of nitrogens with zero attached hydrogens (tertiary/aromatic N) is 3. The summed E-state index contributed by atoms with van der Waals surface area (Å²) in [5.74, 6) is -1.78. The van der Waals surface area contributed by atoms with E-state index in [9.17, 15) is 36.5 Å². The normalized spacial score (nSPS) is 21.5. The maximum absolute atomic E-state index is 14.3. The van der Waals surface area contributed by atoms with Gasteiger partial charge in [-0.3, -0.25) is 23.8 Å². The lowest BCUT2D eigenvalue weighted by molar-refractivity contribution is -0.142. The minimum atomic E-state index is -5.83. The summed E-state index contributed by atoms with van der Waals surface area (Å²) in [5, 5.41) is 2.62. The van der Waals surface area contributed by atoms with Crippen LogP contribution in [0.15, 0.2) is 54.6 Å². The number of nitrogens with one attached hydrogen (secondary N) is 2. The third-order valence-electron chi connectivity index (χ3n) is 8.31. The first kappa shape index (κ1) is 32.6. The number of carbonyl (C=O) groups is 3. The third kappa shape index (κ3) is 6.62. The molecule has 242 valence electrons. The van der Waals surface area contributed by atoms with Gasteiger partial charge in [-0.1, -0.05) is 24.3 Å². The predicted molar refractivity (Wildman–Crippen MR) is 156 cm³/mol. The molecule has 0 aliphatic carbocycles. The summed E-state index contributed by atoms with van der Waals surface area (Å²) in [6.45, 7) is -0.690. The van der Waals surface area contributed by atoms with E-state index in [0.29, 0.717) is 24.9 Å². The van der Waals surface area contributed by atoms with Crippen LogP contribution in [0.4, 0.5) is 23.2 Å². The van der Waals surface area contributed by atoms with E-state index >= 15 is 0 Å². The van der Waals surface area contributed by atoms with Gasteiger partial charge in [-0.05, 0) is 49.6 Å². The molecule has 2 aliphatic heterocycles. The molecule has 3 aromatic rings. The lowest BCUT2D eigenvalue weighted by Gasteiger charge is -2.39. The summed E-state index contributed by atoms with van der Waals surface area (Å²) in [6.07, 6.45) is -1.51. The number of alkyl halides is 4. The monoisotopic (exact) mass is 653 g/mol. The van der Waals surface area contributed by atoms with Gasteiger partial charge in [0, 0.05) is 48.3 Å². The Bertz CT molecular complexity index is 1630. The van der Waals surface area contributed by atoms with Gasteiger partial charge in [0.1, 0.15) is 17.8 Å². The zero-order valence-electron chi connectivity index (χ0n) is 24.1. The smallest absolute Gasteiger partial charge is 0.351 e. The summed E-state index contributed by atoms with van der Waals surface area (Å²) < 4.78 is 66.7. The number of aromatic nitrogens is 1. The Morgan fingerprint density at radius 3 is 2.49 bits per heavy atom. The van der Waals surface area contributed by atoms with Crippen LogP contribution < -0.4 is 10.2 Å². The summed E-state index contributed by atoms with van der Waals surface area (Å²) in [7, 11) is -4.23. The Kier molecular flexibility index (Phi) is 9.09. The second kappa shape index (κ2) is 12.5. The van der Waals surface area contributed by atoms with Gasteiger partial charge in [0.2, 0.25) is 11.8 Å². The van der Waals surface area contributed by atoms with Gasteiger partial charge in [-0.2, -0.15) is 8.78 Å². The molecule has 0 saturated carbocycles. The van der Waals surface area contributed by atoms with Crippen molar-refractivity contribution in [2.45, 2.75) is 49.5 Å². The fraction of sp³-hybridized carbons (Fsp3) is 0.414. The Morgan fingerprint density at radius 2 is 1.82 bits per heavy atom. The highest BCUT2D eigenvalue weighted by Gasteiger charge is 2.50. The van der Waals surface area contributed by atoms with E-state index in [4.69, 9.17) is 9.79 Å². The lowest BCUT2D eigenvalue weighted by Crippen LogP contribution is -2.61. The van der Waals surface area contributed by atoms with Crippen molar-refractivity contribution < 1.29 is 46.3 Å². The molecule has 2 saturated heterocycles. The number of fused-ring (bicyclic) bond motifs is 2. The van der Waals surface area contributed by atoms with Gasteiger partial charge in [-0.25, -0.2) is 8.78 Å². The summed E-state index contributed by atoms with van der Waals surface area (Å²) in [6, 6.07) is 10.2. The maximum Gasteiger partial charge on any atom is 0.399 e. The van der Waals surface area contributed by atoms with E-state index in [2.05, 4.69) is 10.3 Å². The minimum Gasteiger partial charge on any atom is -0.351 e. The van der Waals surface area contributed by atoms with Crippen LogP contribution in [0.3, 0.4) is 0 Å². The van der Waals surface area contributed by atoms with Gasteiger partial charge in [0.25, 0.3) is 12.3 Å². The van der Waals surface area contributed by atoms with E-state index in [1.54, 1.807) is 37.4 Å². The van der Waals surface area contributed by atoms with Crippen LogP contribution in [0.1, 0.15) is 35.3 Å². The van der Waals surface area contributed by atoms with Crippen molar-refractivity contribution in [2.24, 2.45) is 0 Å². The molecule has 3 amide bonds. The molecule has 0 unspecified atom stereocenters. The number of hydrogen-bond donors (Lipinski definition) is 4. The van der Waals surface area contributed by atoms with Crippen LogP contribution in [-0.2, 0) is 19.8 Å². The van der Waals surface area contributed by atoms with Crippen LogP contribution in [0.5, 0.6) is 0 Å². The second-order valence-electron chi connectivity index (χ2n) is 11.3. The molecule has 5 rings (SSSR count). The lowest BCUT2D eigenvalue weighted by atomic mass is 10.1. The summed E-state index contributed by atoms with van der Waals surface area (Å²) in [5.41, 5.74) is -4.76. The number of halogens is 4. The van der Waals surface area contributed by atoms with Crippen molar-refractivity contribution in [1.29, 1.82) is 0 Å². The maximum atomic E-state index is 14.3. The fourth-order valence-electron chi connectivity index (χ4n) is 6.00. The molecule has 45 heavy (non-hydrogen) atoms. The highest BCUT2D eigenvalue weighted by molar-refractivity contribution is 7.52. The molecule has 2 aliphatic rings. The zero-order valence-corrected chi connectivity index (χ0v) is 25.0. The highest BCUT2D eigenvalue weighted by atomic mass is 31.2. The minimum absolute atomic E-state index is 0.0447. The molecule has 0 spiro atoms. The number of benzene rings is 2. The number of rotatable bonds is 8. The van der Waals surface area contributed by atoms with E-state index < -0.39 is 61.7 Å². The molecule has 0 bridgehead atoms. The number of amides is 3. The van der Waals surface area contributed by atoms with Gasteiger partial charge in [0.05, 0.1) is 6.54 Å². The molecule has 2 fully saturated rings. The van der Waals surface area contributed by atoms with Crippen molar-refractivity contribution in [3.05, 3.63) is 65.9 Å². The highest BCUT2D eigenvalue weighted by Crippen LogP contribution is 2.59. The number of aromatic amines is 1. The van der Waals surface area contributed by atoms with Crippen LogP contribution in [0, 0.1) is 0 Å². The fourth-order valence-corrected chi connectivity index (χ4v) is 6.47. The Morgan fingerprint density at radius 1 is 1.11 bits per heavy atom. The molecule has 3 heterocycles. The Hall–Kier alpha value is -3.78. The first-order valence-corrected chi connectivity index (χ1v) is 15.8. The second-order valence-corrected chi connectivity index (χ2v) is 12.9. The molecular weight excluding hydrogens is 621 g/mol. The van der Waals surface area contributed by atoms with Gasteiger partial charge >= 0.3 is 13.3 Å². The van der Waals surface area contributed by atoms with Gasteiger partial charge < -0.3 is 29.9 Å².